The zero-order chi connectivity index (χ0) is 20.6. The maximum absolute atomic E-state index is 12.8. The van der Waals surface area contributed by atoms with Crippen molar-refractivity contribution in [2.45, 2.75) is 24.9 Å². The molecule has 3 aromatic rings. The molecule has 0 N–H and O–H groups in total. The summed E-state index contributed by atoms with van der Waals surface area (Å²) in [5.74, 6) is 2.31. The van der Waals surface area contributed by atoms with Crippen molar-refractivity contribution in [3.8, 4) is 22.8 Å². The quantitative estimate of drug-likeness (QED) is 0.657. The van der Waals surface area contributed by atoms with E-state index in [4.69, 9.17) is 9.47 Å². The maximum atomic E-state index is 12.8. The Balaban J connectivity index is 1.29. The lowest BCUT2D eigenvalue weighted by molar-refractivity contribution is 0.0230. The van der Waals surface area contributed by atoms with Gasteiger partial charge in [0.25, 0.3) is 0 Å². The molecule has 0 amide bonds. The summed E-state index contributed by atoms with van der Waals surface area (Å²) in [4.78, 5) is 15.0. The fourth-order valence-corrected chi connectivity index (χ4v) is 4.28. The summed E-state index contributed by atoms with van der Waals surface area (Å²) < 4.78 is 11.6. The van der Waals surface area contributed by atoms with E-state index in [9.17, 15) is 4.79 Å². The summed E-state index contributed by atoms with van der Waals surface area (Å²) in [6.07, 6.45) is 1.94. The van der Waals surface area contributed by atoms with Crippen LogP contribution in [0.15, 0.2) is 60.7 Å². The first kappa shape index (κ1) is 18.6. The second-order valence-corrected chi connectivity index (χ2v) is 7.88. The van der Waals surface area contributed by atoms with Gasteiger partial charge in [-0.15, -0.1) is 10.2 Å². The second-order valence-electron chi connectivity index (χ2n) is 7.88. The molecule has 5 rings (SSSR count). The topological polar surface area (TPSA) is 64.5 Å². The molecule has 0 unspecified atom stereocenters. The third kappa shape index (κ3) is 3.38. The lowest BCUT2D eigenvalue weighted by Crippen LogP contribution is -2.51. The van der Waals surface area contributed by atoms with Crippen LogP contribution in [-0.4, -0.2) is 41.8 Å². The molecule has 6 nitrogen and oxygen atoms in total. The van der Waals surface area contributed by atoms with Gasteiger partial charge in [-0.1, -0.05) is 30.3 Å². The van der Waals surface area contributed by atoms with Crippen LogP contribution in [0, 0.1) is 0 Å². The molecular formula is C24H23N3O3. The van der Waals surface area contributed by atoms with Gasteiger partial charge >= 0.3 is 0 Å². The van der Waals surface area contributed by atoms with Crippen LogP contribution in [0.1, 0.15) is 29.6 Å². The molecule has 0 bridgehead atoms. The first-order valence-corrected chi connectivity index (χ1v) is 10.2. The van der Waals surface area contributed by atoms with Gasteiger partial charge in [0.15, 0.2) is 11.6 Å². The number of aromatic nitrogens is 2. The van der Waals surface area contributed by atoms with E-state index in [-0.39, 0.29) is 5.78 Å². The normalized spacial score (nSPS) is 17.4. The smallest absolute Gasteiger partial charge is 0.170 e. The summed E-state index contributed by atoms with van der Waals surface area (Å²) in [6.45, 7) is 1.55. The van der Waals surface area contributed by atoms with E-state index in [0.29, 0.717) is 23.5 Å². The van der Waals surface area contributed by atoms with Crippen LogP contribution in [0.2, 0.25) is 0 Å². The standard InChI is InChI=1S/C24H23N3O3/c1-29-18-7-9-22-19(15-18)21(28)16-24(30-22)11-13-27(14-12-24)23-10-8-20(25-26-23)17-5-3-2-4-6-17/h2-10,15H,11-14,16H2,1H3. The highest BCUT2D eigenvalue weighted by Gasteiger charge is 2.43. The minimum absolute atomic E-state index is 0.121. The van der Waals surface area contributed by atoms with Gasteiger partial charge in [0.2, 0.25) is 0 Å². The van der Waals surface area contributed by atoms with E-state index in [2.05, 4.69) is 15.1 Å². The van der Waals surface area contributed by atoms with Crippen molar-refractivity contribution in [2.75, 3.05) is 25.1 Å². The molecule has 30 heavy (non-hydrogen) atoms. The van der Waals surface area contributed by atoms with Crippen LogP contribution < -0.4 is 14.4 Å². The molecule has 2 aliphatic heterocycles. The molecule has 2 aromatic carbocycles. The molecule has 1 spiro atoms. The number of piperidine rings is 1. The Morgan fingerprint density at radius 1 is 1.00 bits per heavy atom. The fraction of sp³-hybridized carbons (Fsp3) is 0.292. The summed E-state index contributed by atoms with van der Waals surface area (Å²) in [5.41, 5.74) is 2.09. The highest BCUT2D eigenvalue weighted by molar-refractivity contribution is 6.00. The van der Waals surface area contributed by atoms with Crippen molar-refractivity contribution in [1.29, 1.82) is 0 Å². The summed E-state index contributed by atoms with van der Waals surface area (Å²) >= 11 is 0. The molecule has 3 heterocycles. The average molecular weight is 401 g/mol. The van der Waals surface area contributed by atoms with Gasteiger partial charge in [-0.25, -0.2) is 0 Å². The van der Waals surface area contributed by atoms with E-state index in [0.717, 1.165) is 43.0 Å². The number of carbonyl (C=O) groups is 1. The monoisotopic (exact) mass is 401 g/mol. The van der Waals surface area contributed by atoms with Crippen molar-refractivity contribution in [1.82, 2.24) is 10.2 Å². The first-order chi connectivity index (χ1) is 14.7. The number of hydrogen-bond acceptors (Lipinski definition) is 6. The van der Waals surface area contributed by atoms with E-state index in [1.54, 1.807) is 13.2 Å². The fourth-order valence-electron chi connectivity index (χ4n) is 4.28. The zero-order valence-corrected chi connectivity index (χ0v) is 16.9. The Bertz CT molecular complexity index is 1060. The summed E-state index contributed by atoms with van der Waals surface area (Å²) in [5, 5.41) is 8.83. The van der Waals surface area contributed by atoms with Crippen molar-refractivity contribution in [3.05, 3.63) is 66.2 Å². The number of rotatable bonds is 3. The van der Waals surface area contributed by atoms with Gasteiger partial charge in [0, 0.05) is 31.5 Å². The van der Waals surface area contributed by atoms with Crippen molar-refractivity contribution >= 4 is 11.6 Å². The van der Waals surface area contributed by atoms with Crippen molar-refractivity contribution in [2.24, 2.45) is 0 Å². The Morgan fingerprint density at radius 2 is 1.80 bits per heavy atom. The molecule has 2 aliphatic rings. The number of ketones is 1. The lowest BCUT2D eigenvalue weighted by atomic mass is 9.82. The number of methoxy groups -OCH3 is 1. The molecule has 0 aliphatic carbocycles. The minimum Gasteiger partial charge on any atom is -0.497 e. The third-order valence-corrected chi connectivity index (χ3v) is 6.02. The molecule has 6 heteroatoms. The highest BCUT2D eigenvalue weighted by atomic mass is 16.5. The second kappa shape index (κ2) is 7.44. The molecule has 1 fully saturated rings. The predicted octanol–water partition coefficient (Wildman–Crippen LogP) is 4.16. The van der Waals surface area contributed by atoms with Crippen LogP contribution in [0.25, 0.3) is 11.3 Å². The SMILES string of the molecule is COc1ccc2c(c1)C(=O)CC1(CCN(c3ccc(-c4ccccc4)nn3)CC1)O2. The number of nitrogens with zero attached hydrogens (tertiary/aromatic N) is 3. The summed E-state index contributed by atoms with van der Waals surface area (Å²) in [6, 6.07) is 19.5. The van der Waals surface area contributed by atoms with E-state index >= 15 is 0 Å². The van der Waals surface area contributed by atoms with Gasteiger partial charge in [0.05, 0.1) is 24.8 Å². The molecule has 152 valence electrons. The van der Waals surface area contributed by atoms with Gasteiger partial charge < -0.3 is 14.4 Å². The molecule has 0 atom stereocenters. The Hall–Kier alpha value is -3.41. The van der Waals surface area contributed by atoms with Crippen LogP contribution in [0.5, 0.6) is 11.5 Å². The average Bonchev–Trinajstić information content (AvgIpc) is 2.80. The number of ether oxygens (including phenoxy) is 2. The molecule has 0 saturated carbocycles. The summed E-state index contributed by atoms with van der Waals surface area (Å²) in [7, 11) is 1.60. The number of Topliss-reactive ketones (excluding diaryl/α,β-unsaturated/α-hetero) is 1. The number of benzene rings is 2. The Kier molecular flexibility index (Phi) is 4.62. The van der Waals surface area contributed by atoms with Crippen LogP contribution in [0.3, 0.4) is 0 Å². The van der Waals surface area contributed by atoms with Crippen LogP contribution in [-0.2, 0) is 0 Å². The lowest BCUT2D eigenvalue weighted by Gasteiger charge is -2.44. The van der Waals surface area contributed by atoms with E-state index in [1.807, 2.05) is 54.6 Å². The van der Waals surface area contributed by atoms with E-state index in [1.165, 1.54) is 0 Å². The number of hydrogen-bond donors (Lipinski definition) is 0. The van der Waals surface area contributed by atoms with Gasteiger partial charge in [-0.05, 0) is 30.3 Å². The Labute approximate surface area is 175 Å². The predicted molar refractivity (Wildman–Crippen MR) is 114 cm³/mol. The van der Waals surface area contributed by atoms with Gasteiger partial charge in [0.1, 0.15) is 17.1 Å². The number of anilines is 1. The molecular weight excluding hydrogens is 378 g/mol. The molecule has 1 saturated heterocycles. The van der Waals surface area contributed by atoms with Crippen molar-refractivity contribution < 1.29 is 14.3 Å². The van der Waals surface area contributed by atoms with Crippen LogP contribution in [0.4, 0.5) is 5.82 Å². The van der Waals surface area contributed by atoms with Gasteiger partial charge in [-0.3, -0.25) is 4.79 Å². The van der Waals surface area contributed by atoms with Gasteiger partial charge in [-0.2, -0.15) is 0 Å². The van der Waals surface area contributed by atoms with E-state index < -0.39 is 5.60 Å². The first-order valence-electron chi connectivity index (χ1n) is 10.2. The maximum Gasteiger partial charge on any atom is 0.170 e. The molecule has 1 aromatic heterocycles. The van der Waals surface area contributed by atoms with Crippen LogP contribution >= 0.6 is 0 Å². The molecule has 0 radical (unpaired) electrons. The Morgan fingerprint density at radius 3 is 2.50 bits per heavy atom. The minimum atomic E-state index is -0.438. The van der Waals surface area contributed by atoms with Crippen molar-refractivity contribution in [3.63, 3.8) is 0 Å². The highest BCUT2D eigenvalue weighted by Crippen LogP contribution is 2.41. The largest absolute Gasteiger partial charge is 0.497 e. The number of carbonyl (C=O) groups excluding carboxylic acids is 1. The zero-order valence-electron chi connectivity index (χ0n) is 16.9. The third-order valence-electron chi connectivity index (χ3n) is 6.02. The number of fused-ring (bicyclic) bond motifs is 1.